The predicted molar refractivity (Wildman–Crippen MR) is 139 cm³/mol. The van der Waals surface area contributed by atoms with Gasteiger partial charge in [-0.25, -0.2) is 0 Å². The van der Waals surface area contributed by atoms with Gasteiger partial charge in [-0.15, -0.1) is 11.5 Å². The van der Waals surface area contributed by atoms with E-state index >= 15 is 0 Å². The number of methoxy groups -OCH3 is 1. The van der Waals surface area contributed by atoms with Crippen molar-refractivity contribution in [1.29, 1.82) is 0 Å². The smallest absolute Gasteiger partial charge is 0.872 e. The van der Waals surface area contributed by atoms with Crippen LogP contribution >= 0.6 is 5.89 Å². The molecule has 4 rings (SSSR count). The first kappa shape index (κ1) is 29.1. The van der Waals surface area contributed by atoms with E-state index in [0.717, 1.165) is 11.1 Å². The third-order valence-corrected chi connectivity index (χ3v) is 6.94. The topological polar surface area (TPSA) is 64.6 Å². The normalized spacial score (nSPS) is 9.67. The Bertz CT molecular complexity index is 985. The number of para-hydroxylation sites is 3. The molecule has 0 atom stereocenters. The molecular formula is C25H22BiO4PS2. The van der Waals surface area contributed by atoms with Crippen LogP contribution in [0, 0.1) is 0 Å². The molecule has 4 nitrogen and oxygen atoms in total. The Balaban J connectivity index is 0.000000298. The van der Waals surface area contributed by atoms with Crippen molar-refractivity contribution in [2.45, 2.75) is 0 Å². The summed E-state index contributed by atoms with van der Waals surface area (Å²) in [7, 11) is 1.62. The number of hydrogen-bond acceptors (Lipinski definition) is 6. The van der Waals surface area contributed by atoms with Gasteiger partial charge in [0.05, 0.1) is 12.4 Å². The Hall–Kier alpha value is -1.91. The van der Waals surface area contributed by atoms with E-state index in [4.69, 9.17) is 33.8 Å². The van der Waals surface area contributed by atoms with E-state index in [-0.39, 0.29) is 37.7 Å². The minimum absolute atomic E-state index is 0. The maximum absolute atomic E-state index is 10.3. The molecule has 0 heterocycles. The minimum Gasteiger partial charge on any atom is -0.872 e. The number of rotatable bonds is 4. The van der Waals surface area contributed by atoms with Gasteiger partial charge in [-0.1, -0.05) is 78.9 Å². The molecule has 4 aromatic rings. The summed E-state index contributed by atoms with van der Waals surface area (Å²) >= 11 is 10.9. The molecule has 168 valence electrons. The quantitative estimate of drug-likeness (QED) is 0.180. The van der Waals surface area contributed by atoms with E-state index in [9.17, 15) is 10.2 Å². The van der Waals surface area contributed by atoms with E-state index in [1.54, 1.807) is 31.4 Å². The Kier molecular flexibility index (Phi) is 14.0. The average molecular weight is 691 g/mol. The number of hydrogen-bond donors (Lipinski definition) is 0. The van der Waals surface area contributed by atoms with Crippen molar-refractivity contribution in [3.63, 3.8) is 0 Å². The van der Waals surface area contributed by atoms with E-state index < -0.39 is 5.89 Å². The molecule has 33 heavy (non-hydrogen) atoms. The first-order valence-electron chi connectivity index (χ1n) is 9.55. The second-order valence-corrected chi connectivity index (χ2v) is 11.7. The van der Waals surface area contributed by atoms with Crippen LogP contribution in [0.2, 0.25) is 0 Å². The molecule has 8 heteroatoms. The Morgan fingerprint density at radius 1 is 0.576 bits per heavy atom. The van der Waals surface area contributed by atoms with Crippen LogP contribution in [0.3, 0.4) is 0 Å². The fourth-order valence-electron chi connectivity index (χ4n) is 2.28. The largest absolute Gasteiger partial charge is 3.00 e. The number of ether oxygens (including phenoxy) is 1. The molecule has 0 fully saturated rings. The van der Waals surface area contributed by atoms with Crippen LogP contribution in [0.15, 0.2) is 115 Å². The summed E-state index contributed by atoms with van der Waals surface area (Å²) in [5, 5.41) is 21.4. The van der Waals surface area contributed by atoms with E-state index in [2.05, 4.69) is 0 Å². The fourth-order valence-corrected chi connectivity index (χ4v) is 4.54. The zero-order valence-electron chi connectivity index (χ0n) is 17.8. The predicted octanol–water partition coefficient (Wildman–Crippen LogP) is 4.40. The van der Waals surface area contributed by atoms with Crippen LogP contribution < -0.4 is 24.8 Å². The van der Waals surface area contributed by atoms with E-state index in [1.807, 2.05) is 66.7 Å². The molecule has 0 amide bonds. The molecule has 0 aliphatic rings. The summed E-state index contributed by atoms with van der Waals surface area (Å²) in [6.45, 7) is 0. The second kappa shape index (κ2) is 15.8. The number of benzene rings is 4. The zero-order chi connectivity index (χ0) is 23.2. The van der Waals surface area contributed by atoms with Gasteiger partial charge in [-0.05, 0) is 42.3 Å². The van der Waals surface area contributed by atoms with Crippen LogP contribution in [0.1, 0.15) is 0 Å². The minimum atomic E-state index is -2.44. The Morgan fingerprint density at radius 2 is 0.970 bits per heavy atom. The van der Waals surface area contributed by atoms with Crippen LogP contribution in [-0.2, 0) is 24.5 Å². The molecule has 0 N–H and O–H groups in total. The van der Waals surface area contributed by atoms with Gasteiger partial charge < -0.3 is 44.0 Å². The fraction of sp³-hybridized carbons (Fsp3) is 0.0400. The van der Waals surface area contributed by atoms with E-state index in [1.165, 1.54) is 24.3 Å². The van der Waals surface area contributed by atoms with Crippen molar-refractivity contribution in [2.75, 3.05) is 7.11 Å². The molecule has 0 aromatic heterocycles. The standard InChI is InChI=1S/C13H13O2PS2.2C6H6O.Bi/c1-14-11-7-9-13(10-8-11)16(17,18)15-12-5-3-2-4-6-12;2*7-6-4-2-1-3-5-6;/h2-10H,1H3,(H,17,18);2*1-5,7H;/q;;;+3/p-3. The Morgan fingerprint density at radius 3 is 1.30 bits per heavy atom. The Labute approximate surface area is 225 Å². The van der Waals surface area contributed by atoms with Crippen molar-refractivity contribution in [1.82, 2.24) is 0 Å². The molecular weight excluding hydrogens is 668 g/mol. The molecule has 0 saturated carbocycles. The van der Waals surface area contributed by atoms with Crippen molar-refractivity contribution >= 4 is 61.9 Å². The van der Waals surface area contributed by atoms with Crippen LogP contribution in [-0.4, -0.2) is 33.3 Å². The summed E-state index contributed by atoms with van der Waals surface area (Å²) in [5.74, 6) is -0.797. The van der Waals surface area contributed by atoms with Gasteiger partial charge in [0.1, 0.15) is 5.75 Å². The van der Waals surface area contributed by atoms with Gasteiger partial charge in [0, 0.05) is 0 Å². The molecule has 0 aliphatic heterocycles. The summed E-state index contributed by atoms with van der Waals surface area (Å²) in [4.78, 5) is 0. The maximum Gasteiger partial charge on any atom is 3.00 e. The summed E-state index contributed by atoms with van der Waals surface area (Å²) in [6, 6.07) is 33.5. The molecule has 0 saturated heterocycles. The van der Waals surface area contributed by atoms with Gasteiger partial charge in [0.15, 0.2) is 5.75 Å². The van der Waals surface area contributed by atoms with Crippen LogP contribution in [0.25, 0.3) is 0 Å². The van der Waals surface area contributed by atoms with Gasteiger partial charge in [-0.3, -0.25) is 0 Å². The first-order chi connectivity index (χ1) is 15.4. The molecule has 0 aliphatic carbocycles. The van der Waals surface area contributed by atoms with Crippen molar-refractivity contribution < 1.29 is 19.5 Å². The van der Waals surface area contributed by atoms with Crippen LogP contribution in [0.4, 0.5) is 0 Å². The molecule has 0 spiro atoms. The SMILES string of the molecule is COc1ccc([P+]([S-])([S-])Oc2ccccc2)cc1.[Bi+3].[O-]c1ccccc1.[O-]c1ccccc1. The third kappa shape index (κ3) is 11.7. The summed E-state index contributed by atoms with van der Waals surface area (Å²) in [5.41, 5.74) is 0. The molecule has 0 unspecified atom stereocenters. The zero-order valence-corrected chi connectivity index (χ0v) is 23.8. The molecule has 2 radical (unpaired) electrons. The third-order valence-electron chi connectivity index (χ3n) is 3.84. The van der Waals surface area contributed by atoms with Crippen molar-refractivity contribution in [3.05, 3.63) is 115 Å². The van der Waals surface area contributed by atoms with Gasteiger partial charge in [0.2, 0.25) is 0 Å². The van der Waals surface area contributed by atoms with E-state index in [0.29, 0.717) is 5.75 Å². The first-order valence-corrected chi connectivity index (χ1v) is 13.3. The summed E-state index contributed by atoms with van der Waals surface area (Å²) < 4.78 is 10.9. The molecule has 4 aromatic carbocycles. The van der Waals surface area contributed by atoms with Crippen molar-refractivity contribution in [2.24, 2.45) is 0 Å². The van der Waals surface area contributed by atoms with Gasteiger partial charge in [-0.2, -0.15) is 0 Å². The van der Waals surface area contributed by atoms with Gasteiger partial charge in [0.25, 0.3) is 0 Å². The van der Waals surface area contributed by atoms with Gasteiger partial charge >= 0.3 is 26.2 Å². The summed E-state index contributed by atoms with van der Waals surface area (Å²) in [6.07, 6.45) is 0. The molecule has 0 bridgehead atoms. The maximum atomic E-state index is 10.3. The van der Waals surface area contributed by atoms with Crippen LogP contribution in [0.5, 0.6) is 23.0 Å². The van der Waals surface area contributed by atoms with Crippen molar-refractivity contribution in [3.8, 4) is 23.0 Å². The monoisotopic (exact) mass is 690 g/mol. The second-order valence-electron chi connectivity index (χ2n) is 6.23. The average Bonchev–Trinajstić information content (AvgIpc) is 2.81.